The normalized spacial score (nSPS) is 22.8. The molecule has 0 aromatic heterocycles. The van der Waals surface area contributed by atoms with Crippen molar-refractivity contribution < 1.29 is 4.79 Å². The Morgan fingerprint density at radius 3 is 2.94 bits per heavy atom. The first-order valence-electron chi connectivity index (χ1n) is 6.45. The average Bonchev–Trinajstić information content (AvgIpc) is 2.51. The van der Waals surface area contributed by atoms with Crippen molar-refractivity contribution in [1.82, 2.24) is 10.2 Å². The molecule has 1 aliphatic rings. The fourth-order valence-corrected chi connectivity index (χ4v) is 2.26. The molecule has 0 aromatic carbocycles. The van der Waals surface area contributed by atoms with Crippen LogP contribution in [0.2, 0.25) is 0 Å². The molecule has 0 radical (unpaired) electrons. The Morgan fingerprint density at radius 2 is 2.25 bits per heavy atom. The van der Waals surface area contributed by atoms with Gasteiger partial charge in [-0.15, -0.1) is 0 Å². The first kappa shape index (κ1) is 13.5. The molecule has 1 rings (SSSR count). The van der Waals surface area contributed by atoms with Crippen LogP contribution in [0.5, 0.6) is 0 Å². The van der Waals surface area contributed by atoms with Gasteiger partial charge in [-0.25, -0.2) is 0 Å². The number of nitrogens with one attached hydrogen (secondary N) is 1. The Morgan fingerprint density at radius 1 is 1.44 bits per heavy atom. The molecular formula is C12H25N3O. The highest BCUT2D eigenvalue weighted by molar-refractivity contribution is 5.77. The zero-order valence-electron chi connectivity index (χ0n) is 10.4. The summed E-state index contributed by atoms with van der Waals surface area (Å²) in [7, 11) is 0. The van der Waals surface area contributed by atoms with Crippen molar-refractivity contribution in [2.45, 2.75) is 32.6 Å². The summed E-state index contributed by atoms with van der Waals surface area (Å²) in [6, 6.07) is 0. The van der Waals surface area contributed by atoms with E-state index in [1.807, 2.05) is 0 Å². The van der Waals surface area contributed by atoms with Crippen molar-refractivity contribution >= 4 is 5.91 Å². The number of likely N-dealkylation sites (tertiary alicyclic amines) is 1. The zero-order chi connectivity index (χ0) is 11.8. The Hall–Kier alpha value is -0.610. The third-order valence-corrected chi connectivity index (χ3v) is 3.35. The van der Waals surface area contributed by atoms with Crippen molar-refractivity contribution in [2.75, 3.05) is 32.7 Å². The van der Waals surface area contributed by atoms with Gasteiger partial charge in [0.15, 0.2) is 0 Å². The van der Waals surface area contributed by atoms with Crippen LogP contribution < -0.4 is 11.1 Å². The molecule has 16 heavy (non-hydrogen) atoms. The first-order chi connectivity index (χ1) is 7.76. The van der Waals surface area contributed by atoms with Gasteiger partial charge in [0.1, 0.15) is 0 Å². The summed E-state index contributed by atoms with van der Waals surface area (Å²) in [5, 5.41) is 2.82. The smallest absolute Gasteiger partial charge is 0.234 e. The topological polar surface area (TPSA) is 58.4 Å². The molecule has 1 atom stereocenters. The van der Waals surface area contributed by atoms with Gasteiger partial charge in [0, 0.05) is 13.1 Å². The molecule has 0 aromatic rings. The molecule has 1 unspecified atom stereocenters. The lowest BCUT2D eigenvalue weighted by molar-refractivity contribution is -0.122. The number of carbonyl (C=O) groups is 1. The van der Waals surface area contributed by atoms with E-state index in [4.69, 9.17) is 5.73 Å². The van der Waals surface area contributed by atoms with Gasteiger partial charge in [-0.2, -0.15) is 0 Å². The molecule has 3 N–H and O–H groups in total. The highest BCUT2D eigenvalue weighted by Crippen LogP contribution is 2.19. The van der Waals surface area contributed by atoms with E-state index in [2.05, 4.69) is 17.1 Å². The number of amides is 1. The van der Waals surface area contributed by atoms with Gasteiger partial charge in [0.05, 0.1) is 6.54 Å². The van der Waals surface area contributed by atoms with Crippen molar-refractivity contribution in [3.63, 3.8) is 0 Å². The Kier molecular flexibility index (Phi) is 6.42. The van der Waals surface area contributed by atoms with E-state index in [-0.39, 0.29) is 5.91 Å². The number of nitrogens with two attached hydrogens (primary N) is 1. The van der Waals surface area contributed by atoms with Gasteiger partial charge in [0.25, 0.3) is 0 Å². The third kappa shape index (κ3) is 4.94. The minimum absolute atomic E-state index is 0.111. The SMILES string of the molecule is CCC1CCCN(CC(=O)NCCN)CC1. The van der Waals surface area contributed by atoms with Crippen LogP contribution in [0.1, 0.15) is 32.6 Å². The number of nitrogens with zero attached hydrogens (tertiary/aromatic N) is 1. The van der Waals surface area contributed by atoms with Gasteiger partial charge in [-0.05, 0) is 38.3 Å². The molecule has 0 aliphatic carbocycles. The average molecular weight is 227 g/mol. The summed E-state index contributed by atoms with van der Waals surface area (Å²) in [6.07, 6.45) is 5.05. The quantitative estimate of drug-likeness (QED) is 0.722. The predicted octanol–water partition coefficient (Wildman–Crippen LogP) is 0.573. The van der Waals surface area contributed by atoms with Crippen molar-refractivity contribution in [1.29, 1.82) is 0 Å². The maximum atomic E-state index is 11.5. The lowest BCUT2D eigenvalue weighted by atomic mass is 9.98. The summed E-state index contributed by atoms with van der Waals surface area (Å²) in [5.74, 6) is 0.970. The van der Waals surface area contributed by atoms with Gasteiger partial charge in [-0.1, -0.05) is 13.3 Å². The van der Waals surface area contributed by atoms with Crippen LogP contribution in [0, 0.1) is 5.92 Å². The molecule has 1 heterocycles. The summed E-state index contributed by atoms with van der Waals surface area (Å²) in [6.45, 7) is 6.03. The molecule has 0 spiro atoms. The standard InChI is InChI=1S/C12H25N3O/c1-2-11-4-3-8-15(9-5-11)10-12(16)14-7-6-13/h11H,2-10,13H2,1H3,(H,14,16). The summed E-state index contributed by atoms with van der Waals surface area (Å²) >= 11 is 0. The lowest BCUT2D eigenvalue weighted by Gasteiger charge is -2.19. The number of hydrogen-bond acceptors (Lipinski definition) is 3. The monoisotopic (exact) mass is 227 g/mol. The van der Waals surface area contributed by atoms with Crippen LogP contribution >= 0.6 is 0 Å². The maximum Gasteiger partial charge on any atom is 0.234 e. The molecule has 1 saturated heterocycles. The highest BCUT2D eigenvalue weighted by Gasteiger charge is 2.17. The van der Waals surface area contributed by atoms with Crippen LogP contribution in [-0.4, -0.2) is 43.5 Å². The van der Waals surface area contributed by atoms with Gasteiger partial charge in [-0.3, -0.25) is 9.69 Å². The van der Waals surface area contributed by atoms with E-state index >= 15 is 0 Å². The fraction of sp³-hybridized carbons (Fsp3) is 0.917. The molecule has 1 aliphatic heterocycles. The van der Waals surface area contributed by atoms with Crippen molar-refractivity contribution in [2.24, 2.45) is 11.7 Å². The van der Waals surface area contributed by atoms with E-state index in [1.54, 1.807) is 0 Å². The third-order valence-electron chi connectivity index (χ3n) is 3.35. The maximum absolute atomic E-state index is 11.5. The Bertz CT molecular complexity index is 208. The predicted molar refractivity (Wildman–Crippen MR) is 66.1 cm³/mol. The van der Waals surface area contributed by atoms with E-state index in [0.29, 0.717) is 19.6 Å². The van der Waals surface area contributed by atoms with Crippen LogP contribution in [0.25, 0.3) is 0 Å². The zero-order valence-corrected chi connectivity index (χ0v) is 10.4. The first-order valence-corrected chi connectivity index (χ1v) is 6.45. The number of carbonyl (C=O) groups excluding carboxylic acids is 1. The van der Waals surface area contributed by atoms with Crippen LogP contribution in [0.4, 0.5) is 0 Å². The molecule has 4 nitrogen and oxygen atoms in total. The molecular weight excluding hydrogens is 202 g/mol. The van der Waals surface area contributed by atoms with Gasteiger partial charge < -0.3 is 11.1 Å². The Labute approximate surface area is 98.6 Å². The van der Waals surface area contributed by atoms with Gasteiger partial charge in [0.2, 0.25) is 5.91 Å². The Balaban J connectivity index is 2.24. The van der Waals surface area contributed by atoms with Crippen LogP contribution in [0.15, 0.2) is 0 Å². The second-order valence-electron chi connectivity index (χ2n) is 4.62. The molecule has 0 bridgehead atoms. The number of rotatable bonds is 5. The molecule has 94 valence electrons. The lowest BCUT2D eigenvalue weighted by Crippen LogP contribution is -2.39. The summed E-state index contributed by atoms with van der Waals surface area (Å²) in [4.78, 5) is 13.8. The minimum Gasteiger partial charge on any atom is -0.354 e. The van der Waals surface area contributed by atoms with E-state index < -0.39 is 0 Å². The summed E-state index contributed by atoms with van der Waals surface area (Å²) < 4.78 is 0. The second-order valence-corrected chi connectivity index (χ2v) is 4.62. The second kappa shape index (κ2) is 7.63. The molecule has 1 fully saturated rings. The number of hydrogen-bond donors (Lipinski definition) is 2. The van der Waals surface area contributed by atoms with E-state index in [1.165, 1.54) is 25.7 Å². The minimum atomic E-state index is 0.111. The summed E-state index contributed by atoms with van der Waals surface area (Å²) in [5.41, 5.74) is 5.34. The van der Waals surface area contributed by atoms with Crippen LogP contribution in [-0.2, 0) is 4.79 Å². The molecule has 1 amide bonds. The fourth-order valence-electron chi connectivity index (χ4n) is 2.26. The molecule has 4 heteroatoms. The van der Waals surface area contributed by atoms with Crippen LogP contribution in [0.3, 0.4) is 0 Å². The van der Waals surface area contributed by atoms with Crippen molar-refractivity contribution in [3.8, 4) is 0 Å². The van der Waals surface area contributed by atoms with E-state index in [0.717, 1.165) is 19.0 Å². The highest BCUT2D eigenvalue weighted by atomic mass is 16.2. The largest absolute Gasteiger partial charge is 0.354 e. The van der Waals surface area contributed by atoms with Crippen molar-refractivity contribution in [3.05, 3.63) is 0 Å². The van der Waals surface area contributed by atoms with E-state index in [9.17, 15) is 4.79 Å². The van der Waals surface area contributed by atoms with Gasteiger partial charge >= 0.3 is 0 Å². The molecule has 0 saturated carbocycles.